The number of ether oxygens (including phenoxy) is 1. The average molecular weight is 396 g/mol. The lowest BCUT2D eigenvalue weighted by molar-refractivity contribution is -0.384. The highest BCUT2D eigenvalue weighted by Gasteiger charge is 2.13. The van der Waals surface area contributed by atoms with Crippen molar-refractivity contribution in [1.29, 1.82) is 0 Å². The molecule has 0 radical (unpaired) electrons. The van der Waals surface area contributed by atoms with Crippen LogP contribution >= 0.6 is 0 Å². The van der Waals surface area contributed by atoms with Crippen LogP contribution in [-0.4, -0.2) is 31.1 Å². The molecule has 1 unspecified atom stereocenters. The van der Waals surface area contributed by atoms with Crippen LogP contribution in [0.4, 0.5) is 5.69 Å². The van der Waals surface area contributed by atoms with Crippen molar-refractivity contribution in [1.82, 2.24) is 10.6 Å². The molecule has 0 aliphatic carbocycles. The van der Waals surface area contributed by atoms with Crippen LogP contribution in [0.1, 0.15) is 24.3 Å². The third-order valence-corrected chi connectivity index (χ3v) is 4.39. The highest BCUT2D eigenvalue weighted by Crippen LogP contribution is 2.23. The van der Waals surface area contributed by atoms with Gasteiger partial charge in [0.15, 0.2) is 5.96 Å². The van der Waals surface area contributed by atoms with Crippen molar-refractivity contribution in [3.8, 4) is 0 Å². The number of nitro benzene ring substituents is 1. The fourth-order valence-electron chi connectivity index (χ4n) is 2.81. The van der Waals surface area contributed by atoms with E-state index in [1.54, 1.807) is 19.2 Å². The number of guanidine groups is 1. The number of nitrogens with one attached hydrogen (secondary N) is 2. The molecule has 0 saturated carbocycles. The molecule has 0 aliphatic heterocycles. The number of benzene rings is 2. The van der Waals surface area contributed by atoms with Crippen LogP contribution in [0.25, 0.3) is 11.0 Å². The maximum Gasteiger partial charge on any atom is 0.269 e. The number of nitro groups is 1. The van der Waals surface area contributed by atoms with E-state index in [-0.39, 0.29) is 11.7 Å². The van der Waals surface area contributed by atoms with Crippen molar-refractivity contribution in [3.05, 3.63) is 76.0 Å². The summed E-state index contributed by atoms with van der Waals surface area (Å²) in [6, 6.07) is 16.1. The lowest BCUT2D eigenvalue weighted by Crippen LogP contribution is -2.40. The second-order valence-electron chi connectivity index (χ2n) is 6.56. The summed E-state index contributed by atoms with van der Waals surface area (Å²) in [6.07, 6.45) is 0. The van der Waals surface area contributed by atoms with Crippen LogP contribution in [0.3, 0.4) is 0 Å². The maximum atomic E-state index is 10.8. The average Bonchev–Trinajstić information content (AvgIpc) is 3.17. The lowest BCUT2D eigenvalue weighted by Gasteiger charge is -2.16. The monoisotopic (exact) mass is 396 g/mol. The molecule has 1 atom stereocenters. The maximum absolute atomic E-state index is 10.8. The van der Waals surface area contributed by atoms with Gasteiger partial charge in [-0.25, -0.2) is 4.99 Å². The quantitative estimate of drug-likeness (QED) is 0.197. The van der Waals surface area contributed by atoms with E-state index in [2.05, 4.69) is 15.6 Å². The van der Waals surface area contributed by atoms with Crippen LogP contribution in [0.5, 0.6) is 0 Å². The lowest BCUT2D eigenvalue weighted by atomic mass is 10.2. The summed E-state index contributed by atoms with van der Waals surface area (Å²) < 4.78 is 11.0. The molecule has 2 aromatic carbocycles. The Balaban J connectivity index is 1.71. The molecule has 0 fully saturated rings. The molecule has 0 saturated heterocycles. The first-order valence-electron chi connectivity index (χ1n) is 9.32. The molecule has 0 spiro atoms. The Bertz CT molecular complexity index is 949. The van der Waals surface area contributed by atoms with Crippen LogP contribution < -0.4 is 10.6 Å². The van der Waals surface area contributed by atoms with Gasteiger partial charge in [0.2, 0.25) is 0 Å². The molecule has 2 N–H and O–H groups in total. The van der Waals surface area contributed by atoms with E-state index in [4.69, 9.17) is 9.15 Å². The normalized spacial score (nSPS) is 12.7. The molecular formula is C21H24N4O4. The summed E-state index contributed by atoms with van der Waals surface area (Å²) in [5.74, 6) is 1.41. The summed E-state index contributed by atoms with van der Waals surface area (Å²) in [5.41, 5.74) is 1.78. The second kappa shape index (κ2) is 9.70. The van der Waals surface area contributed by atoms with E-state index in [0.29, 0.717) is 25.7 Å². The Morgan fingerprint density at radius 3 is 2.69 bits per heavy atom. The molecule has 0 bridgehead atoms. The first-order valence-corrected chi connectivity index (χ1v) is 9.32. The van der Waals surface area contributed by atoms with Crippen molar-refractivity contribution in [2.75, 3.05) is 20.3 Å². The van der Waals surface area contributed by atoms with E-state index in [0.717, 1.165) is 22.3 Å². The number of hydrogen-bond acceptors (Lipinski definition) is 5. The second-order valence-corrected chi connectivity index (χ2v) is 6.56. The first kappa shape index (κ1) is 20.3. The predicted octanol–water partition coefficient (Wildman–Crippen LogP) is 3.78. The third-order valence-electron chi connectivity index (χ3n) is 4.39. The largest absolute Gasteiger partial charge is 0.459 e. The smallest absolute Gasteiger partial charge is 0.269 e. The minimum atomic E-state index is -0.415. The Kier molecular flexibility index (Phi) is 6.80. The van der Waals surface area contributed by atoms with Gasteiger partial charge in [0.25, 0.3) is 5.69 Å². The van der Waals surface area contributed by atoms with E-state index >= 15 is 0 Å². The number of nitrogens with zero attached hydrogens (tertiary/aromatic N) is 2. The summed E-state index contributed by atoms with van der Waals surface area (Å²) in [6.45, 7) is 3.51. The minimum absolute atomic E-state index is 0.0628. The summed E-state index contributed by atoms with van der Waals surface area (Å²) in [4.78, 5) is 15.0. The molecule has 0 aliphatic rings. The van der Waals surface area contributed by atoms with Gasteiger partial charge >= 0.3 is 0 Å². The van der Waals surface area contributed by atoms with Crippen LogP contribution in [0.15, 0.2) is 64.0 Å². The number of rotatable bonds is 8. The van der Waals surface area contributed by atoms with Gasteiger partial charge in [-0.2, -0.15) is 0 Å². The molecular weight excluding hydrogens is 372 g/mol. The number of furan rings is 1. The van der Waals surface area contributed by atoms with Crippen LogP contribution in [0.2, 0.25) is 0 Å². The van der Waals surface area contributed by atoms with E-state index in [9.17, 15) is 10.1 Å². The summed E-state index contributed by atoms with van der Waals surface area (Å²) in [5, 5.41) is 18.4. The van der Waals surface area contributed by atoms with Crippen LogP contribution in [-0.2, 0) is 11.3 Å². The Morgan fingerprint density at radius 2 is 2.00 bits per heavy atom. The summed E-state index contributed by atoms with van der Waals surface area (Å²) in [7, 11) is 1.64. The molecule has 1 heterocycles. The van der Waals surface area contributed by atoms with Gasteiger partial charge in [-0.1, -0.05) is 30.3 Å². The number of methoxy groups -OCH3 is 1. The van der Waals surface area contributed by atoms with Crippen molar-refractivity contribution in [2.45, 2.75) is 19.5 Å². The fraction of sp³-hybridized carbons (Fsp3) is 0.286. The Morgan fingerprint density at radius 1 is 1.24 bits per heavy atom. The Labute approximate surface area is 168 Å². The zero-order chi connectivity index (χ0) is 20.6. The number of para-hydroxylation sites is 1. The van der Waals surface area contributed by atoms with E-state index in [1.165, 1.54) is 12.1 Å². The molecule has 3 rings (SSSR count). The van der Waals surface area contributed by atoms with Crippen molar-refractivity contribution in [2.24, 2.45) is 4.99 Å². The van der Waals surface area contributed by atoms with Gasteiger partial charge in [0.1, 0.15) is 11.3 Å². The fourth-order valence-corrected chi connectivity index (χ4v) is 2.81. The molecule has 0 amide bonds. The molecule has 1 aromatic heterocycles. The standard InChI is InChI=1S/C21H24N4O4/c1-15(20-13-17-5-3-4-6-19(17)29-20)24-21(22-11-12-28-2)23-14-16-7-9-18(10-8-16)25(26)27/h3-10,13,15H,11-12,14H2,1-2H3,(H2,22,23,24). The van der Waals surface area contributed by atoms with Gasteiger partial charge in [-0.15, -0.1) is 0 Å². The van der Waals surface area contributed by atoms with E-state index < -0.39 is 4.92 Å². The summed E-state index contributed by atoms with van der Waals surface area (Å²) >= 11 is 0. The van der Waals surface area contributed by atoms with Crippen molar-refractivity contribution in [3.63, 3.8) is 0 Å². The molecule has 8 heteroatoms. The highest BCUT2D eigenvalue weighted by molar-refractivity contribution is 5.81. The minimum Gasteiger partial charge on any atom is -0.459 e. The van der Waals surface area contributed by atoms with Gasteiger partial charge < -0.3 is 19.8 Å². The zero-order valence-corrected chi connectivity index (χ0v) is 16.4. The molecule has 8 nitrogen and oxygen atoms in total. The number of aliphatic imine (C=N–C) groups is 1. The predicted molar refractivity (Wildman–Crippen MR) is 112 cm³/mol. The Hall–Kier alpha value is -3.39. The molecule has 3 aromatic rings. The van der Waals surface area contributed by atoms with Gasteiger partial charge in [0.05, 0.1) is 24.1 Å². The number of hydrogen-bond donors (Lipinski definition) is 2. The van der Waals surface area contributed by atoms with Crippen molar-refractivity contribution < 1.29 is 14.1 Å². The SMILES string of the molecule is COCCNC(=NCc1ccc([N+](=O)[O-])cc1)NC(C)c1cc2ccccc2o1. The molecule has 152 valence electrons. The number of non-ortho nitro benzene ring substituents is 1. The first-order chi connectivity index (χ1) is 14.1. The van der Waals surface area contributed by atoms with Crippen LogP contribution in [0, 0.1) is 10.1 Å². The topological polar surface area (TPSA) is 102 Å². The molecule has 29 heavy (non-hydrogen) atoms. The highest BCUT2D eigenvalue weighted by atomic mass is 16.6. The van der Waals surface area contributed by atoms with Gasteiger partial charge in [-0.3, -0.25) is 10.1 Å². The van der Waals surface area contributed by atoms with E-state index in [1.807, 2.05) is 37.3 Å². The van der Waals surface area contributed by atoms with Gasteiger partial charge in [0, 0.05) is 31.2 Å². The third kappa shape index (κ3) is 5.55. The zero-order valence-electron chi connectivity index (χ0n) is 16.4. The number of fused-ring (bicyclic) bond motifs is 1. The van der Waals surface area contributed by atoms with Crippen molar-refractivity contribution >= 4 is 22.6 Å². The van der Waals surface area contributed by atoms with Gasteiger partial charge in [-0.05, 0) is 24.6 Å².